The molecule has 9 nitrogen and oxygen atoms in total. The first kappa shape index (κ1) is 20.5. The Morgan fingerprint density at radius 3 is 2.61 bits per heavy atom. The quantitative estimate of drug-likeness (QED) is 0.341. The summed E-state index contributed by atoms with van der Waals surface area (Å²) in [5.41, 5.74) is 0.933. The zero-order valence-electron chi connectivity index (χ0n) is 16.4. The van der Waals surface area contributed by atoms with Gasteiger partial charge in [-0.3, -0.25) is 19.8 Å². The molecule has 2 aliphatic rings. The smallest absolute Gasteiger partial charge is 0.329 e. The molecule has 0 radical (unpaired) electrons. The Morgan fingerprint density at radius 2 is 1.90 bits per heavy atom. The number of benzene rings is 2. The summed E-state index contributed by atoms with van der Waals surface area (Å²) in [6, 6.07) is 9.81. The number of ether oxygens (including phenoxy) is 1. The van der Waals surface area contributed by atoms with Crippen molar-refractivity contribution in [3.8, 4) is 0 Å². The van der Waals surface area contributed by atoms with Crippen molar-refractivity contribution in [2.75, 3.05) is 31.2 Å². The fourth-order valence-corrected chi connectivity index (χ4v) is 3.53. The third kappa shape index (κ3) is 4.24. The van der Waals surface area contributed by atoms with Gasteiger partial charge < -0.3 is 15.0 Å². The van der Waals surface area contributed by atoms with Crippen LogP contribution >= 0.6 is 0 Å². The molecule has 4 rings (SSSR count). The van der Waals surface area contributed by atoms with E-state index in [9.17, 15) is 24.1 Å². The number of rotatable bonds is 5. The maximum Gasteiger partial charge on any atom is 0.329 e. The summed E-state index contributed by atoms with van der Waals surface area (Å²) in [7, 11) is 0. The van der Waals surface area contributed by atoms with E-state index in [1.807, 2.05) is 4.90 Å². The number of amides is 3. The van der Waals surface area contributed by atoms with Gasteiger partial charge in [0.05, 0.1) is 24.7 Å². The summed E-state index contributed by atoms with van der Waals surface area (Å²) in [5.74, 6) is -1.15. The number of imide groups is 1. The highest BCUT2D eigenvalue weighted by atomic mass is 19.1. The topological polar surface area (TPSA) is 105 Å². The van der Waals surface area contributed by atoms with Crippen LogP contribution in [0.5, 0.6) is 0 Å². The minimum Gasteiger partial charge on any atom is -0.378 e. The lowest BCUT2D eigenvalue weighted by molar-refractivity contribution is -0.384. The third-order valence-corrected chi connectivity index (χ3v) is 5.11. The maximum atomic E-state index is 13.9. The average Bonchev–Trinajstić information content (AvgIpc) is 3.03. The molecule has 31 heavy (non-hydrogen) atoms. The van der Waals surface area contributed by atoms with Gasteiger partial charge in [0, 0.05) is 24.7 Å². The second-order valence-corrected chi connectivity index (χ2v) is 7.08. The van der Waals surface area contributed by atoms with E-state index in [2.05, 4.69) is 5.32 Å². The normalized spacial score (nSPS) is 17.9. The van der Waals surface area contributed by atoms with Crippen molar-refractivity contribution in [2.45, 2.75) is 6.54 Å². The first-order valence-corrected chi connectivity index (χ1v) is 9.63. The number of urea groups is 1. The Balaban J connectivity index is 1.58. The molecule has 2 aromatic carbocycles. The summed E-state index contributed by atoms with van der Waals surface area (Å²) < 4.78 is 19.2. The van der Waals surface area contributed by atoms with Gasteiger partial charge in [0.25, 0.3) is 11.6 Å². The second kappa shape index (κ2) is 8.52. The van der Waals surface area contributed by atoms with Crippen molar-refractivity contribution in [1.29, 1.82) is 0 Å². The Bertz CT molecular complexity index is 1080. The van der Waals surface area contributed by atoms with Gasteiger partial charge in [0.1, 0.15) is 17.2 Å². The van der Waals surface area contributed by atoms with Gasteiger partial charge >= 0.3 is 6.03 Å². The van der Waals surface area contributed by atoms with Crippen molar-refractivity contribution in [1.82, 2.24) is 10.2 Å². The van der Waals surface area contributed by atoms with E-state index in [1.54, 1.807) is 18.2 Å². The van der Waals surface area contributed by atoms with Crippen molar-refractivity contribution >= 4 is 29.4 Å². The van der Waals surface area contributed by atoms with E-state index in [-0.39, 0.29) is 23.5 Å². The van der Waals surface area contributed by atoms with Crippen molar-refractivity contribution < 1.29 is 23.6 Å². The molecule has 2 aromatic rings. The Morgan fingerprint density at radius 1 is 1.16 bits per heavy atom. The maximum absolute atomic E-state index is 13.9. The number of hydrogen-bond donors (Lipinski definition) is 1. The van der Waals surface area contributed by atoms with Crippen LogP contribution in [-0.2, 0) is 16.1 Å². The Hall–Kier alpha value is -3.79. The minimum atomic E-state index is -0.682. The molecule has 0 atom stereocenters. The molecule has 0 saturated carbocycles. The zero-order chi connectivity index (χ0) is 22.0. The average molecular weight is 426 g/mol. The van der Waals surface area contributed by atoms with Gasteiger partial charge in [0.2, 0.25) is 0 Å². The van der Waals surface area contributed by atoms with Crippen LogP contribution in [0.4, 0.5) is 20.6 Å². The molecule has 0 spiro atoms. The van der Waals surface area contributed by atoms with E-state index < -0.39 is 22.7 Å². The number of carbonyl (C=O) groups is 2. The van der Waals surface area contributed by atoms with E-state index in [1.165, 1.54) is 30.3 Å². The van der Waals surface area contributed by atoms with Crippen LogP contribution in [0.3, 0.4) is 0 Å². The summed E-state index contributed by atoms with van der Waals surface area (Å²) in [6.45, 7) is 1.84. The van der Waals surface area contributed by atoms with Crippen LogP contribution in [-0.4, -0.2) is 48.1 Å². The zero-order valence-corrected chi connectivity index (χ0v) is 16.4. The number of anilines is 1. The standard InChI is InChI=1S/C21H19FN4O5/c22-16-4-2-1-3-15(16)13-25-20(27)17(23-21(25)28)11-14-5-6-18(19(12-14)26(29)30)24-7-9-31-10-8-24/h1-6,11-12H,7-10,13H2,(H,23,28)/b17-11-. The molecule has 0 bridgehead atoms. The molecule has 0 aromatic heterocycles. The molecule has 2 aliphatic heterocycles. The fraction of sp³-hybridized carbons (Fsp3) is 0.238. The Kier molecular flexibility index (Phi) is 5.63. The monoisotopic (exact) mass is 426 g/mol. The highest BCUT2D eigenvalue weighted by Crippen LogP contribution is 2.31. The predicted octanol–water partition coefficient (Wildman–Crippen LogP) is 2.66. The van der Waals surface area contributed by atoms with E-state index in [0.29, 0.717) is 37.6 Å². The number of nitro benzene ring substituents is 1. The number of hydrogen-bond acceptors (Lipinski definition) is 6. The molecule has 2 heterocycles. The van der Waals surface area contributed by atoms with Crippen LogP contribution < -0.4 is 10.2 Å². The molecular weight excluding hydrogens is 407 g/mol. The van der Waals surface area contributed by atoms with Crippen LogP contribution in [0, 0.1) is 15.9 Å². The Labute approximate surface area is 176 Å². The number of carbonyl (C=O) groups excluding carboxylic acids is 2. The van der Waals surface area contributed by atoms with Gasteiger partial charge in [-0.15, -0.1) is 0 Å². The number of halogens is 1. The number of nitro groups is 1. The lowest BCUT2D eigenvalue weighted by Crippen LogP contribution is -2.36. The van der Waals surface area contributed by atoms with Crippen LogP contribution in [0.1, 0.15) is 11.1 Å². The van der Waals surface area contributed by atoms with Crippen LogP contribution in [0.15, 0.2) is 48.2 Å². The summed E-state index contributed by atoms with van der Waals surface area (Å²) in [4.78, 5) is 38.8. The van der Waals surface area contributed by atoms with E-state index >= 15 is 0 Å². The minimum absolute atomic E-state index is 0.0326. The summed E-state index contributed by atoms with van der Waals surface area (Å²) >= 11 is 0. The highest BCUT2D eigenvalue weighted by molar-refractivity contribution is 6.13. The molecule has 0 unspecified atom stereocenters. The molecule has 2 fully saturated rings. The highest BCUT2D eigenvalue weighted by Gasteiger charge is 2.34. The second-order valence-electron chi connectivity index (χ2n) is 7.08. The largest absolute Gasteiger partial charge is 0.378 e. The molecule has 3 amide bonds. The van der Waals surface area contributed by atoms with Gasteiger partial charge in [-0.2, -0.15) is 0 Å². The van der Waals surface area contributed by atoms with E-state index in [4.69, 9.17) is 4.74 Å². The third-order valence-electron chi connectivity index (χ3n) is 5.11. The van der Waals surface area contributed by atoms with Gasteiger partial charge in [-0.05, 0) is 23.8 Å². The van der Waals surface area contributed by atoms with E-state index in [0.717, 1.165) is 4.90 Å². The molecule has 0 aliphatic carbocycles. The molecule has 160 valence electrons. The first-order valence-electron chi connectivity index (χ1n) is 9.63. The lowest BCUT2D eigenvalue weighted by atomic mass is 10.1. The van der Waals surface area contributed by atoms with Crippen LogP contribution in [0.25, 0.3) is 6.08 Å². The summed E-state index contributed by atoms with van der Waals surface area (Å²) in [6.07, 6.45) is 1.37. The van der Waals surface area contributed by atoms with Gasteiger partial charge in [0.15, 0.2) is 0 Å². The van der Waals surface area contributed by atoms with Crippen molar-refractivity contribution in [3.05, 3.63) is 75.2 Å². The fourth-order valence-electron chi connectivity index (χ4n) is 3.53. The number of nitrogens with one attached hydrogen (secondary N) is 1. The predicted molar refractivity (Wildman–Crippen MR) is 110 cm³/mol. The van der Waals surface area contributed by atoms with Gasteiger partial charge in [-0.25, -0.2) is 9.18 Å². The first-order chi connectivity index (χ1) is 14.9. The van der Waals surface area contributed by atoms with Crippen LogP contribution in [0.2, 0.25) is 0 Å². The summed E-state index contributed by atoms with van der Waals surface area (Å²) in [5, 5.41) is 14.1. The number of morpholine rings is 1. The number of nitrogens with zero attached hydrogens (tertiary/aromatic N) is 3. The van der Waals surface area contributed by atoms with Gasteiger partial charge in [-0.1, -0.05) is 24.3 Å². The molecule has 2 saturated heterocycles. The SMILES string of the molecule is O=C1N/C(=C\c2ccc(N3CCOCC3)c([N+](=O)[O-])c2)C(=O)N1Cc1ccccc1F. The molecular formula is C21H19FN4O5. The molecule has 10 heteroatoms. The lowest BCUT2D eigenvalue weighted by Gasteiger charge is -2.28. The van der Waals surface area contributed by atoms with Crippen molar-refractivity contribution in [2.24, 2.45) is 0 Å². The van der Waals surface area contributed by atoms with Crippen molar-refractivity contribution in [3.63, 3.8) is 0 Å². The molecule has 1 N–H and O–H groups in total.